The third-order valence-electron chi connectivity index (χ3n) is 5.45. The van der Waals surface area contributed by atoms with Crippen molar-refractivity contribution in [3.8, 4) is 22.5 Å². The van der Waals surface area contributed by atoms with Gasteiger partial charge in [-0.1, -0.05) is 6.07 Å². The average Bonchev–Trinajstić information content (AvgIpc) is 3.18. The normalized spacial score (nSPS) is 15.1. The second-order valence-electron chi connectivity index (χ2n) is 7.66. The summed E-state index contributed by atoms with van der Waals surface area (Å²) >= 11 is 0. The van der Waals surface area contributed by atoms with Crippen molar-refractivity contribution in [2.45, 2.75) is 13.5 Å². The third kappa shape index (κ3) is 4.16. The molecule has 29 heavy (non-hydrogen) atoms. The van der Waals surface area contributed by atoms with Crippen LogP contribution in [0.4, 0.5) is 10.2 Å². The Balaban J connectivity index is 1.55. The van der Waals surface area contributed by atoms with Crippen molar-refractivity contribution in [3.63, 3.8) is 0 Å². The molecule has 0 spiro atoms. The fourth-order valence-electron chi connectivity index (χ4n) is 3.82. The Morgan fingerprint density at radius 3 is 2.59 bits per heavy atom. The minimum atomic E-state index is -0.242. The first-order valence-electron chi connectivity index (χ1n) is 9.94. The standard InChI is InChI=1S/C22H27FN6/c1-15-10-16(13-24-2)11-18(23)22(15)20-12-19(26-27-20)17-4-5-21(25-14-17)29-8-6-28(3)7-9-29/h4-5,10-12,14,24H,6-9,13H2,1-3H3,(H,26,27). The molecule has 0 aliphatic carbocycles. The monoisotopic (exact) mass is 394 g/mol. The number of nitrogens with one attached hydrogen (secondary N) is 2. The lowest BCUT2D eigenvalue weighted by Gasteiger charge is -2.33. The maximum atomic E-state index is 14.7. The van der Waals surface area contributed by atoms with Crippen LogP contribution in [0.3, 0.4) is 0 Å². The molecule has 4 rings (SSSR count). The predicted octanol–water partition coefficient (Wildman–Crippen LogP) is 3.06. The molecule has 0 amide bonds. The van der Waals surface area contributed by atoms with Gasteiger partial charge < -0.3 is 15.1 Å². The zero-order valence-corrected chi connectivity index (χ0v) is 17.2. The number of aromatic amines is 1. The number of hydrogen-bond donors (Lipinski definition) is 2. The van der Waals surface area contributed by atoms with Gasteiger partial charge in [0.2, 0.25) is 0 Å². The van der Waals surface area contributed by atoms with E-state index in [2.05, 4.69) is 37.3 Å². The molecule has 3 aromatic rings. The summed E-state index contributed by atoms with van der Waals surface area (Å²) in [6.07, 6.45) is 1.84. The van der Waals surface area contributed by atoms with Gasteiger partial charge in [-0.05, 0) is 56.4 Å². The van der Waals surface area contributed by atoms with Crippen molar-refractivity contribution in [1.82, 2.24) is 25.4 Å². The van der Waals surface area contributed by atoms with Gasteiger partial charge in [0.05, 0.1) is 11.4 Å². The summed E-state index contributed by atoms with van der Waals surface area (Å²) in [5.41, 5.74) is 4.72. The van der Waals surface area contributed by atoms with Gasteiger partial charge in [0.15, 0.2) is 0 Å². The number of halogens is 1. The highest BCUT2D eigenvalue weighted by atomic mass is 19.1. The van der Waals surface area contributed by atoms with Gasteiger partial charge in [0, 0.05) is 50.0 Å². The first kappa shape index (κ1) is 19.5. The molecule has 1 fully saturated rings. The molecule has 0 atom stereocenters. The summed E-state index contributed by atoms with van der Waals surface area (Å²) < 4.78 is 14.7. The van der Waals surface area contributed by atoms with E-state index < -0.39 is 0 Å². The second kappa shape index (κ2) is 8.31. The molecule has 0 bridgehead atoms. The summed E-state index contributed by atoms with van der Waals surface area (Å²) in [5.74, 6) is 0.744. The number of nitrogens with zero attached hydrogens (tertiary/aromatic N) is 4. The van der Waals surface area contributed by atoms with E-state index in [0.717, 1.165) is 54.4 Å². The van der Waals surface area contributed by atoms with Crippen LogP contribution < -0.4 is 10.2 Å². The van der Waals surface area contributed by atoms with Gasteiger partial charge in [0.25, 0.3) is 0 Å². The summed E-state index contributed by atoms with van der Waals surface area (Å²) in [6.45, 7) is 6.62. The van der Waals surface area contributed by atoms with Crippen LogP contribution in [0.15, 0.2) is 36.5 Å². The number of hydrogen-bond acceptors (Lipinski definition) is 5. The van der Waals surface area contributed by atoms with Crippen LogP contribution in [0.2, 0.25) is 0 Å². The van der Waals surface area contributed by atoms with Crippen molar-refractivity contribution in [3.05, 3.63) is 53.5 Å². The number of piperazine rings is 1. The van der Waals surface area contributed by atoms with Gasteiger partial charge in [-0.15, -0.1) is 0 Å². The lowest BCUT2D eigenvalue weighted by Crippen LogP contribution is -2.44. The highest BCUT2D eigenvalue weighted by Gasteiger charge is 2.17. The molecule has 1 aliphatic rings. The van der Waals surface area contributed by atoms with Gasteiger partial charge >= 0.3 is 0 Å². The molecule has 6 nitrogen and oxygen atoms in total. The van der Waals surface area contributed by atoms with Crippen molar-refractivity contribution in [2.75, 3.05) is 45.2 Å². The average molecular weight is 394 g/mol. The molecule has 152 valence electrons. The maximum Gasteiger partial charge on any atom is 0.133 e. The van der Waals surface area contributed by atoms with E-state index in [9.17, 15) is 4.39 Å². The number of anilines is 1. The Bertz CT molecular complexity index is 950. The SMILES string of the molecule is CNCc1cc(C)c(-c2cc(-c3ccc(N4CCN(C)CC4)nc3)n[nH]2)c(F)c1. The molecule has 2 aromatic heterocycles. The summed E-state index contributed by atoms with van der Waals surface area (Å²) in [6, 6.07) is 9.52. The number of rotatable bonds is 5. The minimum Gasteiger partial charge on any atom is -0.354 e. The number of aryl methyl sites for hydroxylation is 1. The predicted molar refractivity (Wildman–Crippen MR) is 114 cm³/mol. The molecular formula is C22H27FN6. The second-order valence-corrected chi connectivity index (χ2v) is 7.66. The summed E-state index contributed by atoms with van der Waals surface area (Å²) in [5, 5.41) is 10.4. The van der Waals surface area contributed by atoms with Crippen LogP contribution in [0.5, 0.6) is 0 Å². The minimum absolute atomic E-state index is 0.242. The van der Waals surface area contributed by atoms with Gasteiger partial charge in [-0.3, -0.25) is 5.10 Å². The smallest absolute Gasteiger partial charge is 0.133 e. The first-order chi connectivity index (χ1) is 14.0. The van der Waals surface area contributed by atoms with E-state index in [-0.39, 0.29) is 5.82 Å². The van der Waals surface area contributed by atoms with E-state index in [1.807, 2.05) is 44.4 Å². The number of likely N-dealkylation sites (N-methyl/N-ethyl adjacent to an activating group) is 1. The lowest BCUT2D eigenvalue weighted by molar-refractivity contribution is 0.312. The van der Waals surface area contributed by atoms with E-state index in [0.29, 0.717) is 17.8 Å². The van der Waals surface area contributed by atoms with E-state index in [1.165, 1.54) is 0 Å². The van der Waals surface area contributed by atoms with Crippen molar-refractivity contribution >= 4 is 5.82 Å². The number of H-pyrrole nitrogens is 1. The van der Waals surface area contributed by atoms with Gasteiger partial charge in [-0.2, -0.15) is 5.10 Å². The van der Waals surface area contributed by atoms with E-state index >= 15 is 0 Å². The van der Waals surface area contributed by atoms with Crippen LogP contribution in [0.1, 0.15) is 11.1 Å². The Hall–Kier alpha value is -2.77. The fourth-order valence-corrected chi connectivity index (χ4v) is 3.82. The van der Waals surface area contributed by atoms with Crippen LogP contribution in [0.25, 0.3) is 22.5 Å². The molecule has 0 radical (unpaired) electrons. The van der Waals surface area contributed by atoms with Crippen LogP contribution in [0, 0.1) is 12.7 Å². The maximum absolute atomic E-state index is 14.7. The first-order valence-corrected chi connectivity index (χ1v) is 9.94. The summed E-state index contributed by atoms with van der Waals surface area (Å²) in [7, 11) is 3.99. The topological polar surface area (TPSA) is 60.1 Å². The molecule has 2 N–H and O–H groups in total. The van der Waals surface area contributed by atoms with Crippen molar-refractivity contribution < 1.29 is 4.39 Å². The molecule has 0 unspecified atom stereocenters. The molecule has 0 saturated carbocycles. The highest BCUT2D eigenvalue weighted by Crippen LogP contribution is 2.29. The lowest BCUT2D eigenvalue weighted by atomic mass is 10.0. The van der Waals surface area contributed by atoms with Crippen LogP contribution in [-0.4, -0.2) is 60.4 Å². The Morgan fingerprint density at radius 2 is 1.93 bits per heavy atom. The zero-order chi connectivity index (χ0) is 20.4. The fraction of sp³-hybridized carbons (Fsp3) is 0.364. The number of aromatic nitrogens is 3. The summed E-state index contributed by atoms with van der Waals surface area (Å²) in [4.78, 5) is 9.24. The van der Waals surface area contributed by atoms with E-state index in [4.69, 9.17) is 0 Å². The Kier molecular flexibility index (Phi) is 5.60. The van der Waals surface area contributed by atoms with Crippen LogP contribution in [-0.2, 0) is 6.54 Å². The van der Waals surface area contributed by atoms with Crippen molar-refractivity contribution in [2.24, 2.45) is 0 Å². The van der Waals surface area contributed by atoms with Gasteiger partial charge in [-0.25, -0.2) is 9.37 Å². The zero-order valence-electron chi connectivity index (χ0n) is 17.2. The number of pyridine rings is 1. The molecule has 3 heterocycles. The largest absolute Gasteiger partial charge is 0.354 e. The molecule has 7 heteroatoms. The third-order valence-corrected chi connectivity index (χ3v) is 5.45. The van der Waals surface area contributed by atoms with Crippen LogP contribution >= 0.6 is 0 Å². The molecule has 1 aromatic carbocycles. The molecule has 1 saturated heterocycles. The Labute approximate surface area is 170 Å². The van der Waals surface area contributed by atoms with E-state index in [1.54, 1.807) is 6.07 Å². The van der Waals surface area contributed by atoms with Crippen molar-refractivity contribution in [1.29, 1.82) is 0 Å². The Morgan fingerprint density at radius 1 is 1.14 bits per heavy atom. The number of benzene rings is 1. The molecule has 1 aliphatic heterocycles. The van der Waals surface area contributed by atoms with Gasteiger partial charge in [0.1, 0.15) is 11.6 Å². The quantitative estimate of drug-likeness (QED) is 0.697. The highest BCUT2D eigenvalue weighted by molar-refractivity contribution is 5.71. The molecular weight excluding hydrogens is 367 g/mol.